The standard InChI is InChI=1S/C20H21N3O2S/c24-23(25)18-5-2-1-4-14(18)13-10-15-16-12-21-7-6-17(16)22-8-3-9-26-19(11-13)20(15)22/h1-2,4-5,10-11,16-17,21H,3,6-9,12H2/t16-,17-/m0/s1. The fourth-order valence-electron chi connectivity index (χ4n) is 4.76. The Morgan fingerprint density at radius 3 is 3.04 bits per heavy atom. The minimum Gasteiger partial charge on any atom is -0.367 e. The zero-order chi connectivity index (χ0) is 17.7. The number of hydrogen-bond donors (Lipinski definition) is 1. The van der Waals surface area contributed by atoms with Crippen molar-refractivity contribution in [1.29, 1.82) is 0 Å². The number of nitrogens with one attached hydrogen (secondary N) is 1. The van der Waals surface area contributed by atoms with Crippen LogP contribution >= 0.6 is 11.8 Å². The minimum atomic E-state index is -0.273. The van der Waals surface area contributed by atoms with Crippen LogP contribution in [0.1, 0.15) is 24.3 Å². The van der Waals surface area contributed by atoms with Gasteiger partial charge in [-0.05, 0) is 54.5 Å². The highest BCUT2D eigenvalue weighted by Gasteiger charge is 2.42. The third-order valence-corrected chi connectivity index (χ3v) is 6.96. The number of anilines is 1. The third-order valence-electron chi connectivity index (χ3n) is 5.85. The zero-order valence-corrected chi connectivity index (χ0v) is 15.3. The lowest BCUT2D eigenvalue weighted by atomic mass is 9.88. The Labute approximate surface area is 156 Å². The van der Waals surface area contributed by atoms with Crippen molar-refractivity contribution in [3.05, 3.63) is 52.1 Å². The molecule has 1 saturated heterocycles. The molecule has 3 aliphatic heterocycles. The number of fused-ring (bicyclic) bond motifs is 3. The summed E-state index contributed by atoms with van der Waals surface area (Å²) in [6, 6.07) is 12.1. The predicted molar refractivity (Wildman–Crippen MR) is 105 cm³/mol. The molecule has 2 atom stereocenters. The fraction of sp³-hybridized carbons (Fsp3) is 0.400. The molecule has 0 unspecified atom stereocenters. The van der Waals surface area contributed by atoms with Crippen molar-refractivity contribution in [3.8, 4) is 11.1 Å². The summed E-state index contributed by atoms with van der Waals surface area (Å²) in [7, 11) is 0. The van der Waals surface area contributed by atoms with Gasteiger partial charge in [-0.2, -0.15) is 0 Å². The number of thioether (sulfide) groups is 1. The lowest BCUT2D eigenvalue weighted by molar-refractivity contribution is -0.384. The lowest BCUT2D eigenvalue weighted by Crippen LogP contribution is -2.44. The summed E-state index contributed by atoms with van der Waals surface area (Å²) >= 11 is 1.90. The van der Waals surface area contributed by atoms with Gasteiger partial charge in [0, 0.05) is 36.0 Å². The highest BCUT2D eigenvalue weighted by Crippen LogP contribution is 2.51. The van der Waals surface area contributed by atoms with E-state index in [1.165, 1.54) is 29.0 Å². The maximum atomic E-state index is 11.5. The summed E-state index contributed by atoms with van der Waals surface area (Å²) in [4.78, 5) is 15.2. The van der Waals surface area contributed by atoms with Crippen LogP contribution in [-0.2, 0) is 0 Å². The first-order valence-corrected chi connectivity index (χ1v) is 10.2. The first-order chi connectivity index (χ1) is 12.7. The molecule has 26 heavy (non-hydrogen) atoms. The molecule has 1 N–H and O–H groups in total. The summed E-state index contributed by atoms with van der Waals surface area (Å²) < 4.78 is 0. The first kappa shape index (κ1) is 16.1. The number of piperidine rings is 1. The quantitative estimate of drug-likeness (QED) is 0.642. The van der Waals surface area contributed by atoms with Crippen LogP contribution in [0.2, 0.25) is 0 Å². The van der Waals surface area contributed by atoms with Crippen molar-refractivity contribution >= 4 is 23.1 Å². The molecule has 0 aromatic heterocycles. The molecule has 0 radical (unpaired) electrons. The van der Waals surface area contributed by atoms with Gasteiger partial charge in [0.15, 0.2) is 0 Å². The SMILES string of the molecule is O=[N+]([O-])c1ccccc1-c1cc2c3c(c1)[C@@H]1CNCC[C@@H]1N3CCCS2. The first-order valence-electron chi connectivity index (χ1n) is 9.26. The van der Waals surface area contributed by atoms with E-state index in [1.54, 1.807) is 12.1 Å². The van der Waals surface area contributed by atoms with E-state index in [0.717, 1.165) is 36.5 Å². The van der Waals surface area contributed by atoms with Gasteiger partial charge in [0.1, 0.15) is 0 Å². The van der Waals surface area contributed by atoms with Crippen LogP contribution in [0.5, 0.6) is 0 Å². The summed E-state index contributed by atoms with van der Waals surface area (Å²) in [6.07, 6.45) is 2.36. The average Bonchev–Trinajstić information content (AvgIpc) is 2.83. The topological polar surface area (TPSA) is 58.4 Å². The molecule has 6 heteroatoms. The Balaban J connectivity index is 1.70. The molecule has 2 aromatic rings. The van der Waals surface area contributed by atoms with E-state index in [1.807, 2.05) is 23.9 Å². The van der Waals surface area contributed by atoms with Gasteiger partial charge in [0.2, 0.25) is 0 Å². The number of hydrogen-bond acceptors (Lipinski definition) is 5. The Morgan fingerprint density at radius 1 is 1.27 bits per heavy atom. The summed E-state index contributed by atoms with van der Waals surface area (Å²) in [5.74, 6) is 1.60. The van der Waals surface area contributed by atoms with Crippen LogP contribution in [0.3, 0.4) is 0 Å². The molecule has 3 aliphatic rings. The van der Waals surface area contributed by atoms with Crippen molar-refractivity contribution in [1.82, 2.24) is 5.32 Å². The molecule has 0 bridgehead atoms. The van der Waals surface area contributed by atoms with Gasteiger partial charge in [0.25, 0.3) is 5.69 Å². The maximum Gasteiger partial charge on any atom is 0.277 e. The summed E-state index contributed by atoms with van der Waals surface area (Å²) in [6.45, 7) is 3.20. The number of benzene rings is 2. The Hall–Kier alpha value is -2.05. The second-order valence-corrected chi connectivity index (χ2v) is 8.39. The van der Waals surface area contributed by atoms with Crippen molar-refractivity contribution in [2.24, 2.45) is 0 Å². The van der Waals surface area contributed by atoms with Gasteiger partial charge in [0.05, 0.1) is 16.2 Å². The monoisotopic (exact) mass is 367 g/mol. The van der Waals surface area contributed by atoms with Crippen LogP contribution in [0.15, 0.2) is 41.3 Å². The molecule has 0 spiro atoms. The Kier molecular flexibility index (Phi) is 3.90. The maximum absolute atomic E-state index is 11.5. The molecule has 0 saturated carbocycles. The highest BCUT2D eigenvalue weighted by atomic mass is 32.2. The smallest absolute Gasteiger partial charge is 0.277 e. The number of nitrogens with zero attached hydrogens (tertiary/aromatic N) is 2. The van der Waals surface area contributed by atoms with Gasteiger partial charge in [-0.1, -0.05) is 12.1 Å². The molecule has 134 valence electrons. The summed E-state index contributed by atoms with van der Waals surface area (Å²) in [5.41, 5.74) is 4.66. The van der Waals surface area contributed by atoms with E-state index in [-0.39, 0.29) is 10.6 Å². The molecule has 1 fully saturated rings. The van der Waals surface area contributed by atoms with Crippen molar-refractivity contribution < 1.29 is 4.92 Å². The molecule has 5 rings (SSSR count). The van der Waals surface area contributed by atoms with Gasteiger partial charge < -0.3 is 10.2 Å². The van der Waals surface area contributed by atoms with Gasteiger partial charge >= 0.3 is 0 Å². The highest BCUT2D eigenvalue weighted by molar-refractivity contribution is 7.99. The summed E-state index contributed by atoms with van der Waals surface area (Å²) in [5, 5.41) is 15.1. The Morgan fingerprint density at radius 2 is 2.15 bits per heavy atom. The number of nitro benzene ring substituents is 1. The normalized spacial score (nSPS) is 23.9. The van der Waals surface area contributed by atoms with E-state index in [0.29, 0.717) is 12.0 Å². The van der Waals surface area contributed by atoms with Gasteiger partial charge in [-0.3, -0.25) is 10.1 Å². The van der Waals surface area contributed by atoms with E-state index in [4.69, 9.17) is 0 Å². The number of rotatable bonds is 2. The van der Waals surface area contributed by atoms with Crippen molar-refractivity contribution in [3.63, 3.8) is 0 Å². The zero-order valence-electron chi connectivity index (χ0n) is 14.5. The van der Waals surface area contributed by atoms with Crippen LogP contribution in [0, 0.1) is 10.1 Å². The molecule has 3 heterocycles. The van der Waals surface area contributed by atoms with Crippen LogP contribution < -0.4 is 10.2 Å². The number of nitro groups is 1. The fourth-order valence-corrected chi connectivity index (χ4v) is 5.83. The molecule has 0 amide bonds. The van der Waals surface area contributed by atoms with Crippen LogP contribution in [0.25, 0.3) is 11.1 Å². The van der Waals surface area contributed by atoms with Crippen molar-refractivity contribution in [2.75, 3.05) is 30.3 Å². The van der Waals surface area contributed by atoms with E-state index >= 15 is 0 Å². The average molecular weight is 367 g/mol. The number of para-hydroxylation sites is 1. The molecular weight excluding hydrogens is 346 g/mol. The van der Waals surface area contributed by atoms with E-state index in [2.05, 4.69) is 22.3 Å². The second-order valence-electron chi connectivity index (χ2n) is 7.25. The molecule has 2 aromatic carbocycles. The predicted octanol–water partition coefficient (Wildman–Crippen LogP) is 4.02. The molecule has 5 nitrogen and oxygen atoms in total. The lowest BCUT2D eigenvalue weighted by Gasteiger charge is -2.33. The van der Waals surface area contributed by atoms with E-state index < -0.39 is 0 Å². The van der Waals surface area contributed by atoms with Gasteiger partial charge in [-0.15, -0.1) is 11.8 Å². The molecule has 0 aliphatic carbocycles. The van der Waals surface area contributed by atoms with Crippen LogP contribution in [0.4, 0.5) is 11.4 Å². The second kappa shape index (κ2) is 6.28. The largest absolute Gasteiger partial charge is 0.367 e. The van der Waals surface area contributed by atoms with Gasteiger partial charge in [-0.25, -0.2) is 0 Å². The van der Waals surface area contributed by atoms with Crippen LogP contribution in [-0.4, -0.2) is 36.4 Å². The Bertz CT molecular complexity index is 885. The molecular formula is C20H21N3O2S. The van der Waals surface area contributed by atoms with E-state index in [9.17, 15) is 10.1 Å². The minimum absolute atomic E-state index is 0.187. The van der Waals surface area contributed by atoms with Crippen molar-refractivity contribution in [2.45, 2.75) is 29.7 Å². The third kappa shape index (κ3) is 2.43.